The number of aryl methyl sites for hydroxylation is 2. The van der Waals surface area contributed by atoms with E-state index < -0.39 is 0 Å². The average Bonchev–Trinajstić information content (AvgIpc) is 2.91. The van der Waals surface area contributed by atoms with Crippen molar-refractivity contribution in [2.24, 2.45) is 0 Å². The van der Waals surface area contributed by atoms with Gasteiger partial charge in [0.25, 0.3) is 0 Å². The van der Waals surface area contributed by atoms with Crippen molar-refractivity contribution in [2.75, 3.05) is 7.11 Å². The Kier molecular flexibility index (Phi) is 3.16. The molecule has 6 nitrogen and oxygen atoms in total. The molecule has 4 rings (SSSR count). The first kappa shape index (κ1) is 14.5. The van der Waals surface area contributed by atoms with Crippen molar-refractivity contribution in [3.05, 3.63) is 47.4 Å². The first-order valence-corrected chi connectivity index (χ1v) is 7.41. The number of imidazole rings is 1. The molecular formula is C17H14FN5O. The summed E-state index contributed by atoms with van der Waals surface area (Å²) in [7, 11) is 1.56. The van der Waals surface area contributed by atoms with Crippen LogP contribution in [0.5, 0.6) is 5.88 Å². The van der Waals surface area contributed by atoms with Crippen molar-refractivity contribution >= 4 is 16.8 Å². The predicted octanol–water partition coefficient (Wildman–Crippen LogP) is 3.10. The van der Waals surface area contributed by atoms with Crippen molar-refractivity contribution in [2.45, 2.75) is 13.8 Å². The Hall–Kier alpha value is -3.09. The lowest BCUT2D eigenvalue weighted by Crippen LogP contribution is -2.01. The van der Waals surface area contributed by atoms with Crippen molar-refractivity contribution in [1.82, 2.24) is 24.6 Å². The van der Waals surface area contributed by atoms with Crippen molar-refractivity contribution in [3.63, 3.8) is 0 Å². The molecule has 24 heavy (non-hydrogen) atoms. The summed E-state index contributed by atoms with van der Waals surface area (Å²) in [5.41, 5.74) is 4.17. The van der Waals surface area contributed by atoms with Gasteiger partial charge in [-0.15, -0.1) is 10.2 Å². The van der Waals surface area contributed by atoms with Crippen LogP contribution in [0.2, 0.25) is 0 Å². The van der Waals surface area contributed by atoms with E-state index in [4.69, 9.17) is 4.74 Å². The Morgan fingerprint density at radius 2 is 1.83 bits per heavy atom. The number of nitrogens with zero attached hydrogens (tertiary/aromatic N) is 5. The maximum Gasteiger partial charge on any atom is 0.215 e. The van der Waals surface area contributed by atoms with E-state index in [0.717, 1.165) is 16.8 Å². The Labute approximate surface area is 137 Å². The third-order valence-electron chi connectivity index (χ3n) is 3.95. The van der Waals surface area contributed by atoms with Crippen LogP contribution in [-0.4, -0.2) is 31.7 Å². The van der Waals surface area contributed by atoms with Crippen LogP contribution in [0, 0.1) is 19.7 Å². The number of aromatic nitrogens is 5. The van der Waals surface area contributed by atoms with Crippen LogP contribution in [-0.2, 0) is 0 Å². The third kappa shape index (κ3) is 2.09. The zero-order valence-corrected chi connectivity index (χ0v) is 13.4. The Morgan fingerprint density at radius 1 is 1.00 bits per heavy atom. The van der Waals surface area contributed by atoms with Gasteiger partial charge in [-0.25, -0.2) is 9.37 Å². The first-order chi connectivity index (χ1) is 11.6. The van der Waals surface area contributed by atoms with Crippen LogP contribution >= 0.6 is 0 Å². The lowest BCUT2D eigenvalue weighted by atomic mass is 10.1. The van der Waals surface area contributed by atoms with Gasteiger partial charge in [0.05, 0.1) is 12.8 Å². The van der Waals surface area contributed by atoms with Gasteiger partial charge in [-0.3, -0.25) is 4.40 Å². The van der Waals surface area contributed by atoms with Crippen LogP contribution in [0.15, 0.2) is 30.3 Å². The van der Waals surface area contributed by atoms with Gasteiger partial charge in [-0.05, 0) is 43.7 Å². The van der Waals surface area contributed by atoms with Gasteiger partial charge in [0.1, 0.15) is 17.2 Å². The largest absolute Gasteiger partial charge is 0.481 e. The van der Waals surface area contributed by atoms with Gasteiger partial charge < -0.3 is 4.74 Å². The number of methoxy groups -OCH3 is 1. The van der Waals surface area contributed by atoms with Gasteiger partial charge in [0, 0.05) is 11.6 Å². The summed E-state index contributed by atoms with van der Waals surface area (Å²) in [6, 6.07) is 8.14. The van der Waals surface area contributed by atoms with E-state index in [2.05, 4.69) is 20.2 Å². The molecule has 3 aromatic heterocycles. The summed E-state index contributed by atoms with van der Waals surface area (Å²) >= 11 is 0. The number of fused-ring (bicyclic) bond motifs is 3. The van der Waals surface area contributed by atoms with E-state index in [9.17, 15) is 4.39 Å². The van der Waals surface area contributed by atoms with E-state index in [-0.39, 0.29) is 5.82 Å². The average molecular weight is 323 g/mol. The smallest absolute Gasteiger partial charge is 0.215 e. The van der Waals surface area contributed by atoms with E-state index in [0.29, 0.717) is 28.5 Å². The fourth-order valence-corrected chi connectivity index (χ4v) is 2.78. The highest BCUT2D eigenvalue weighted by molar-refractivity contribution is 5.78. The topological polar surface area (TPSA) is 65.2 Å². The number of pyridine rings is 1. The van der Waals surface area contributed by atoms with E-state index >= 15 is 0 Å². The Balaban J connectivity index is 2.14. The molecule has 0 unspecified atom stereocenters. The van der Waals surface area contributed by atoms with Gasteiger partial charge in [0.2, 0.25) is 5.88 Å². The van der Waals surface area contributed by atoms with E-state index in [1.807, 2.05) is 18.2 Å². The molecule has 0 aliphatic rings. The molecule has 7 heteroatoms. The van der Waals surface area contributed by atoms with Crippen molar-refractivity contribution in [1.29, 1.82) is 0 Å². The quantitative estimate of drug-likeness (QED) is 0.567. The highest BCUT2D eigenvalue weighted by atomic mass is 19.1. The van der Waals surface area contributed by atoms with Gasteiger partial charge in [0.15, 0.2) is 11.3 Å². The molecule has 3 heterocycles. The maximum atomic E-state index is 13.5. The van der Waals surface area contributed by atoms with Crippen molar-refractivity contribution < 1.29 is 9.13 Å². The number of benzene rings is 1. The first-order valence-electron chi connectivity index (χ1n) is 7.41. The highest BCUT2D eigenvalue weighted by Crippen LogP contribution is 2.28. The van der Waals surface area contributed by atoms with Crippen LogP contribution in [0.25, 0.3) is 28.2 Å². The molecule has 120 valence electrons. The summed E-state index contributed by atoms with van der Waals surface area (Å²) < 4.78 is 20.5. The zero-order chi connectivity index (χ0) is 16.8. The molecular weight excluding hydrogens is 309 g/mol. The number of hydrogen-bond donors (Lipinski definition) is 0. The monoisotopic (exact) mass is 323 g/mol. The molecule has 0 amide bonds. The molecule has 0 bridgehead atoms. The minimum absolute atomic E-state index is 0.279. The molecule has 0 atom stereocenters. The summed E-state index contributed by atoms with van der Waals surface area (Å²) in [6.07, 6.45) is 0. The summed E-state index contributed by atoms with van der Waals surface area (Å²) in [5, 5.41) is 8.45. The SMILES string of the molecule is COc1ccc2nnc3c(C)nc(-c4ccc(F)cc4C)n3c2n1. The van der Waals surface area contributed by atoms with Crippen molar-refractivity contribution in [3.8, 4) is 17.3 Å². The highest BCUT2D eigenvalue weighted by Gasteiger charge is 2.17. The standard InChI is InChI=1S/C17H14FN5O/c1-9-8-11(18)4-5-12(9)16-19-10(2)15-22-21-13-6-7-14(24-3)20-17(13)23(15)16/h4-8H,1-3H3. The summed E-state index contributed by atoms with van der Waals surface area (Å²) in [6.45, 7) is 3.71. The second kappa shape index (κ2) is 5.23. The molecule has 0 N–H and O–H groups in total. The number of hydrogen-bond acceptors (Lipinski definition) is 5. The second-order valence-electron chi connectivity index (χ2n) is 5.54. The molecule has 0 radical (unpaired) electrons. The zero-order valence-electron chi connectivity index (χ0n) is 13.4. The predicted molar refractivity (Wildman–Crippen MR) is 87.5 cm³/mol. The summed E-state index contributed by atoms with van der Waals surface area (Å²) in [5.74, 6) is 0.851. The molecule has 0 saturated carbocycles. The Bertz CT molecular complexity index is 1090. The molecule has 0 spiro atoms. The summed E-state index contributed by atoms with van der Waals surface area (Å²) in [4.78, 5) is 9.11. The molecule has 0 fully saturated rings. The lowest BCUT2D eigenvalue weighted by Gasteiger charge is -2.07. The van der Waals surface area contributed by atoms with Crippen LogP contribution < -0.4 is 4.74 Å². The van der Waals surface area contributed by atoms with Crippen LogP contribution in [0.1, 0.15) is 11.3 Å². The number of halogens is 1. The maximum absolute atomic E-state index is 13.5. The normalized spacial score (nSPS) is 11.3. The molecule has 0 aliphatic carbocycles. The van der Waals surface area contributed by atoms with E-state index in [1.54, 1.807) is 25.3 Å². The minimum atomic E-state index is -0.279. The molecule has 4 aromatic rings. The fourth-order valence-electron chi connectivity index (χ4n) is 2.78. The van der Waals surface area contributed by atoms with Gasteiger partial charge in [-0.2, -0.15) is 4.98 Å². The number of rotatable bonds is 2. The number of ether oxygens (including phenoxy) is 1. The molecule has 1 aromatic carbocycles. The van der Waals surface area contributed by atoms with Gasteiger partial charge in [-0.1, -0.05) is 0 Å². The fraction of sp³-hybridized carbons (Fsp3) is 0.176. The molecule has 0 saturated heterocycles. The van der Waals surface area contributed by atoms with Crippen LogP contribution in [0.4, 0.5) is 4.39 Å². The third-order valence-corrected chi connectivity index (χ3v) is 3.95. The minimum Gasteiger partial charge on any atom is -0.481 e. The Morgan fingerprint density at radius 3 is 2.58 bits per heavy atom. The van der Waals surface area contributed by atoms with Crippen LogP contribution in [0.3, 0.4) is 0 Å². The lowest BCUT2D eigenvalue weighted by molar-refractivity contribution is 0.399. The second-order valence-corrected chi connectivity index (χ2v) is 5.54. The molecule has 0 aliphatic heterocycles. The van der Waals surface area contributed by atoms with E-state index in [1.165, 1.54) is 12.1 Å². The van der Waals surface area contributed by atoms with Gasteiger partial charge >= 0.3 is 0 Å².